The fraction of sp³-hybridized carbons (Fsp3) is 0.562. The third kappa shape index (κ3) is 4.13. The van der Waals surface area contributed by atoms with Crippen LogP contribution >= 0.6 is 0 Å². The van der Waals surface area contributed by atoms with Crippen LogP contribution < -0.4 is 0 Å². The predicted molar refractivity (Wildman–Crippen MR) is 76.8 cm³/mol. The van der Waals surface area contributed by atoms with Crippen LogP contribution in [0.5, 0.6) is 0 Å². The van der Waals surface area contributed by atoms with Gasteiger partial charge in [0.1, 0.15) is 5.82 Å². The van der Waals surface area contributed by atoms with Gasteiger partial charge < -0.3 is 4.90 Å². The maximum atomic E-state index is 13.6. The van der Waals surface area contributed by atoms with Crippen molar-refractivity contribution in [2.45, 2.75) is 33.7 Å². The second-order valence-corrected chi connectivity index (χ2v) is 5.67. The van der Waals surface area contributed by atoms with Gasteiger partial charge >= 0.3 is 0 Å². The zero-order valence-electron chi connectivity index (χ0n) is 12.5. The standard InChI is InChI=1S/C16H24FNO/c1-11(2)13(4)18(5)10-12(3)16(19)14-8-6-7-9-15(14)17/h6-9,11-13H,10H2,1-5H3. The molecule has 0 N–H and O–H groups in total. The highest BCUT2D eigenvalue weighted by Gasteiger charge is 2.22. The number of halogens is 1. The Kier molecular flexibility index (Phi) is 5.67. The summed E-state index contributed by atoms with van der Waals surface area (Å²) < 4.78 is 13.6. The van der Waals surface area contributed by atoms with Gasteiger partial charge in [0.25, 0.3) is 0 Å². The topological polar surface area (TPSA) is 20.3 Å². The molecule has 2 atom stereocenters. The van der Waals surface area contributed by atoms with Crippen molar-refractivity contribution >= 4 is 5.78 Å². The quantitative estimate of drug-likeness (QED) is 0.732. The summed E-state index contributed by atoms with van der Waals surface area (Å²) in [5.74, 6) is -0.233. The molecule has 0 amide bonds. The van der Waals surface area contributed by atoms with Gasteiger partial charge in [-0.15, -0.1) is 0 Å². The van der Waals surface area contributed by atoms with Crippen molar-refractivity contribution in [2.75, 3.05) is 13.6 Å². The van der Waals surface area contributed by atoms with E-state index in [4.69, 9.17) is 0 Å². The van der Waals surface area contributed by atoms with Gasteiger partial charge in [0.05, 0.1) is 5.56 Å². The molecule has 0 spiro atoms. The molecule has 0 aliphatic carbocycles. The lowest BCUT2D eigenvalue weighted by Gasteiger charge is -2.29. The first-order valence-corrected chi connectivity index (χ1v) is 6.83. The lowest BCUT2D eigenvalue weighted by molar-refractivity contribution is 0.0873. The van der Waals surface area contributed by atoms with Gasteiger partial charge in [0.15, 0.2) is 5.78 Å². The van der Waals surface area contributed by atoms with Crippen molar-refractivity contribution in [2.24, 2.45) is 11.8 Å². The number of hydrogen-bond acceptors (Lipinski definition) is 2. The Bertz CT molecular complexity index is 431. The summed E-state index contributed by atoms with van der Waals surface area (Å²) in [5, 5.41) is 0. The molecule has 3 heteroatoms. The summed E-state index contributed by atoms with van der Waals surface area (Å²) in [4.78, 5) is 14.4. The Hall–Kier alpha value is -1.22. The smallest absolute Gasteiger partial charge is 0.169 e. The van der Waals surface area contributed by atoms with E-state index < -0.39 is 5.82 Å². The first-order chi connectivity index (χ1) is 8.84. The molecule has 1 rings (SSSR count). The van der Waals surface area contributed by atoms with Crippen molar-refractivity contribution < 1.29 is 9.18 Å². The minimum atomic E-state index is -0.432. The van der Waals surface area contributed by atoms with Crippen molar-refractivity contribution in [3.8, 4) is 0 Å². The maximum absolute atomic E-state index is 13.6. The van der Waals surface area contributed by atoms with Gasteiger partial charge in [-0.25, -0.2) is 4.39 Å². The number of carbonyl (C=O) groups excluding carboxylic acids is 1. The van der Waals surface area contributed by atoms with E-state index in [-0.39, 0.29) is 17.3 Å². The number of hydrogen-bond donors (Lipinski definition) is 0. The van der Waals surface area contributed by atoms with Crippen LogP contribution in [0.2, 0.25) is 0 Å². The highest BCUT2D eigenvalue weighted by molar-refractivity contribution is 5.98. The van der Waals surface area contributed by atoms with Crippen molar-refractivity contribution in [1.82, 2.24) is 4.90 Å². The van der Waals surface area contributed by atoms with Gasteiger partial charge in [0, 0.05) is 18.5 Å². The second-order valence-electron chi connectivity index (χ2n) is 5.67. The molecule has 0 aliphatic rings. The number of nitrogens with zero attached hydrogens (tertiary/aromatic N) is 1. The highest BCUT2D eigenvalue weighted by atomic mass is 19.1. The van der Waals surface area contributed by atoms with Crippen LogP contribution in [0.15, 0.2) is 24.3 Å². The Labute approximate surface area is 115 Å². The summed E-state index contributed by atoms with van der Waals surface area (Å²) in [6, 6.07) is 6.59. The number of Topliss-reactive ketones (excluding diaryl/α,β-unsaturated/α-hetero) is 1. The molecule has 0 fully saturated rings. The zero-order chi connectivity index (χ0) is 14.6. The Balaban J connectivity index is 2.71. The van der Waals surface area contributed by atoms with Crippen LogP contribution in [0, 0.1) is 17.7 Å². The lowest BCUT2D eigenvalue weighted by atomic mass is 9.97. The third-order valence-corrected chi connectivity index (χ3v) is 3.81. The summed E-state index contributed by atoms with van der Waals surface area (Å²) in [7, 11) is 2.01. The highest BCUT2D eigenvalue weighted by Crippen LogP contribution is 2.16. The molecule has 1 aromatic carbocycles. The molecular formula is C16H24FNO. The van der Waals surface area contributed by atoms with E-state index in [2.05, 4.69) is 25.7 Å². The Morgan fingerprint density at radius 2 is 1.79 bits per heavy atom. The molecule has 0 saturated carbocycles. The van der Waals surface area contributed by atoms with E-state index in [1.54, 1.807) is 18.2 Å². The first-order valence-electron chi connectivity index (χ1n) is 6.83. The van der Waals surface area contributed by atoms with Crippen molar-refractivity contribution in [3.05, 3.63) is 35.6 Å². The fourth-order valence-electron chi connectivity index (χ4n) is 2.12. The SMILES string of the molecule is CC(CN(C)C(C)C(C)C)C(=O)c1ccccc1F. The molecule has 0 aromatic heterocycles. The zero-order valence-corrected chi connectivity index (χ0v) is 12.5. The van der Waals surface area contributed by atoms with Crippen LogP contribution in [-0.2, 0) is 0 Å². The van der Waals surface area contributed by atoms with E-state index in [0.717, 1.165) is 0 Å². The van der Waals surface area contributed by atoms with Crippen LogP contribution in [0.1, 0.15) is 38.1 Å². The van der Waals surface area contributed by atoms with Gasteiger partial charge in [-0.05, 0) is 32.0 Å². The lowest BCUT2D eigenvalue weighted by Crippen LogP contribution is -2.38. The molecule has 0 heterocycles. The van der Waals surface area contributed by atoms with E-state index in [1.807, 2.05) is 14.0 Å². The molecular weight excluding hydrogens is 241 g/mol. The minimum Gasteiger partial charge on any atom is -0.303 e. The van der Waals surface area contributed by atoms with Crippen molar-refractivity contribution in [1.29, 1.82) is 0 Å². The molecule has 106 valence electrons. The van der Waals surface area contributed by atoms with Crippen molar-refractivity contribution in [3.63, 3.8) is 0 Å². The van der Waals surface area contributed by atoms with Gasteiger partial charge in [-0.1, -0.05) is 32.9 Å². The second kappa shape index (κ2) is 6.80. The van der Waals surface area contributed by atoms with Crippen LogP contribution in [0.4, 0.5) is 4.39 Å². The molecule has 2 unspecified atom stereocenters. The van der Waals surface area contributed by atoms with Gasteiger partial charge in [-0.3, -0.25) is 4.79 Å². The summed E-state index contributed by atoms with van der Waals surface area (Å²) in [6.07, 6.45) is 0. The largest absolute Gasteiger partial charge is 0.303 e. The average Bonchev–Trinajstić information content (AvgIpc) is 2.37. The Morgan fingerprint density at radius 1 is 1.21 bits per heavy atom. The van der Waals surface area contributed by atoms with Crippen LogP contribution in [-0.4, -0.2) is 30.3 Å². The summed E-state index contributed by atoms with van der Waals surface area (Å²) in [6.45, 7) is 8.96. The van der Waals surface area contributed by atoms with E-state index in [0.29, 0.717) is 18.5 Å². The number of ketones is 1. The van der Waals surface area contributed by atoms with Crippen LogP contribution in [0.25, 0.3) is 0 Å². The minimum absolute atomic E-state index is 0.124. The molecule has 1 aromatic rings. The number of benzene rings is 1. The van der Waals surface area contributed by atoms with Gasteiger partial charge in [-0.2, -0.15) is 0 Å². The molecule has 19 heavy (non-hydrogen) atoms. The van der Waals surface area contributed by atoms with Gasteiger partial charge in [0.2, 0.25) is 0 Å². The number of carbonyl (C=O) groups is 1. The average molecular weight is 265 g/mol. The molecule has 0 bridgehead atoms. The molecule has 0 aliphatic heterocycles. The normalized spacial score (nSPS) is 14.7. The predicted octanol–water partition coefficient (Wildman–Crippen LogP) is 3.62. The number of rotatable bonds is 6. The van der Waals surface area contributed by atoms with E-state index >= 15 is 0 Å². The third-order valence-electron chi connectivity index (χ3n) is 3.81. The fourth-order valence-corrected chi connectivity index (χ4v) is 2.12. The molecule has 0 saturated heterocycles. The van der Waals surface area contributed by atoms with E-state index in [9.17, 15) is 9.18 Å². The molecule has 2 nitrogen and oxygen atoms in total. The summed E-state index contributed by atoms with van der Waals surface area (Å²) in [5.41, 5.74) is 0.195. The monoisotopic (exact) mass is 265 g/mol. The van der Waals surface area contributed by atoms with Crippen LogP contribution in [0.3, 0.4) is 0 Å². The summed E-state index contributed by atoms with van der Waals surface area (Å²) >= 11 is 0. The molecule has 0 radical (unpaired) electrons. The maximum Gasteiger partial charge on any atom is 0.169 e. The Morgan fingerprint density at radius 3 is 2.32 bits per heavy atom. The first kappa shape index (κ1) is 15.8. The van der Waals surface area contributed by atoms with E-state index in [1.165, 1.54) is 6.07 Å².